The Balaban J connectivity index is 1.60. The molecule has 2 heterocycles. The molecule has 0 bridgehead atoms. The lowest BCUT2D eigenvalue weighted by Crippen LogP contribution is -2.02. The molecule has 0 saturated heterocycles. The van der Waals surface area contributed by atoms with Crippen LogP contribution in [-0.4, -0.2) is 20.2 Å². The summed E-state index contributed by atoms with van der Waals surface area (Å²) in [4.78, 5) is 8.84. The number of benzene rings is 2. The molecule has 2 N–H and O–H groups in total. The van der Waals surface area contributed by atoms with Crippen LogP contribution in [0, 0.1) is 0 Å². The number of para-hydroxylation sites is 1. The smallest absolute Gasteiger partial charge is 0.249 e. The molecule has 0 fully saturated rings. The molecule has 4 aromatic rings. The van der Waals surface area contributed by atoms with Crippen LogP contribution in [0.15, 0.2) is 60.9 Å². The zero-order valence-electron chi connectivity index (χ0n) is 13.3. The molecule has 0 aliphatic heterocycles. The van der Waals surface area contributed by atoms with Gasteiger partial charge in [-0.05, 0) is 30.3 Å². The first kappa shape index (κ1) is 16.5. The van der Waals surface area contributed by atoms with Gasteiger partial charge >= 0.3 is 0 Å². The van der Waals surface area contributed by atoms with Gasteiger partial charge in [-0.15, -0.1) is 5.10 Å². The van der Waals surface area contributed by atoms with E-state index in [-0.39, 0.29) is 0 Å². The molecule has 0 aliphatic rings. The van der Waals surface area contributed by atoms with E-state index in [1.54, 1.807) is 30.6 Å². The lowest BCUT2D eigenvalue weighted by Gasteiger charge is -2.09. The Labute approximate surface area is 159 Å². The van der Waals surface area contributed by atoms with Crippen molar-refractivity contribution in [1.29, 1.82) is 0 Å². The van der Waals surface area contributed by atoms with E-state index in [0.717, 1.165) is 16.6 Å². The second-order valence-corrected chi connectivity index (χ2v) is 6.24. The molecule has 0 spiro atoms. The van der Waals surface area contributed by atoms with Crippen LogP contribution in [0.2, 0.25) is 10.0 Å². The lowest BCUT2D eigenvalue weighted by molar-refractivity contribution is 0.982. The molecule has 2 aromatic heterocycles. The predicted molar refractivity (Wildman–Crippen MR) is 105 cm³/mol. The van der Waals surface area contributed by atoms with Crippen LogP contribution in [0.1, 0.15) is 0 Å². The topological polar surface area (TPSA) is 75.6 Å². The number of pyridine rings is 1. The number of halogens is 2. The van der Waals surface area contributed by atoms with Crippen molar-refractivity contribution in [3.05, 3.63) is 71.0 Å². The quantitative estimate of drug-likeness (QED) is 0.504. The summed E-state index contributed by atoms with van der Waals surface area (Å²) in [6.45, 7) is 0. The molecule has 0 amide bonds. The Hall–Kier alpha value is -2.96. The van der Waals surface area contributed by atoms with Crippen molar-refractivity contribution >= 4 is 57.2 Å². The molecule has 0 aliphatic carbocycles. The standard InChI is InChI=1S/C18H12Cl2N6/c19-13-7-6-12(9-14(13)20)23-18-25-16(10-22-26-18)24-15-5-1-3-11-4-2-8-21-17(11)15/h1-10H,(H2,23,24,25,26). The van der Waals surface area contributed by atoms with E-state index in [4.69, 9.17) is 23.2 Å². The summed E-state index contributed by atoms with van der Waals surface area (Å²) in [7, 11) is 0. The molecule has 6 nitrogen and oxygen atoms in total. The van der Waals surface area contributed by atoms with Gasteiger partial charge in [0.05, 0.1) is 27.4 Å². The molecule has 0 atom stereocenters. The molecule has 128 valence electrons. The predicted octanol–water partition coefficient (Wildman–Crippen LogP) is 5.21. The highest BCUT2D eigenvalue weighted by molar-refractivity contribution is 6.42. The molecule has 0 radical (unpaired) electrons. The fourth-order valence-corrected chi connectivity index (χ4v) is 2.76. The van der Waals surface area contributed by atoms with Gasteiger partial charge in [-0.2, -0.15) is 10.1 Å². The molecule has 0 unspecified atom stereocenters. The Morgan fingerprint density at radius 2 is 1.77 bits per heavy atom. The van der Waals surface area contributed by atoms with E-state index in [1.165, 1.54) is 0 Å². The van der Waals surface area contributed by atoms with Crippen LogP contribution < -0.4 is 10.6 Å². The molecule has 4 rings (SSSR count). The third-order valence-electron chi connectivity index (χ3n) is 3.63. The summed E-state index contributed by atoms with van der Waals surface area (Å²) in [5.74, 6) is 0.877. The Morgan fingerprint density at radius 3 is 2.65 bits per heavy atom. The summed E-state index contributed by atoms with van der Waals surface area (Å²) >= 11 is 12.0. The van der Waals surface area contributed by atoms with Crippen molar-refractivity contribution < 1.29 is 0 Å². The van der Waals surface area contributed by atoms with Crippen LogP contribution >= 0.6 is 23.2 Å². The average Bonchev–Trinajstić information content (AvgIpc) is 2.65. The number of fused-ring (bicyclic) bond motifs is 1. The maximum atomic E-state index is 6.03. The minimum Gasteiger partial charge on any atom is -0.337 e. The number of rotatable bonds is 4. The molecule has 8 heteroatoms. The molecule has 0 saturated carbocycles. The van der Waals surface area contributed by atoms with Crippen LogP contribution in [0.3, 0.4) is 0 Å². The van der Waals surface area contributed by atoms with Crippen molar-refractivity contribution in [3.63, 3.8) is 0 Å². The maximum absolute atomic E-state index is 6.03. The largest absolute Gasteiger partial charge is 0.337 e. The van der Waals surface area contributed by atoms with Gasteiger partial charge in [-0.1, -0.05) is 41.4 Å². The van der Waals surface area contributed by atoms with Crippen LogP contribution in [0.5, 0.6) is 0 Å². The first-order chi connectivity index (χ1) is 12.7. The highest BCUT2D eigenvalue weighted by Gasteiger charge is 2.06. The van der Waals surface area contributed by atoms with Gasteiger partial charge in [0.25, 0.3) is 0 Å². The van der Waals surface area contributed by atoms with Crippen molar-refractivity contribution in [3.8, 4) is 0 Å². The van der Waals surface area contributed by atoms with Crippen molar-refractivity contribution in [2.24, 2.45) is 0 Å². The minimum atomic E-state index is 0.335. The lowest BCUT2D eigenvalue weighted by atomic mass is 10.2. The van der Waals surface area contributed by atoms with Gasteiger partial charge in [0.2, 0.25) is 5.95 Å². The number of aromatic nitrogens is 4. The van der Waals surface area contributed by atoms with Gasteiger partial charge < -0.3 is 10.6 Å². The van der Waals surface area contributed by atoms with Crippen LogP contribution in [-0.2, 0) is 0 Å². The average molecular weight is 383 g/mol. The van der Waals surface area contributed by atoms with E-state index in [0.29, 0.717) is 27.5 Å². The third-order valence-corrected chi connectivity index (χ3v) is 4.37. The zero-order valence-corrected chi connectivity index (χ0v) is 14.8. The molecule has 26 heavy (non-hydrogen) atoms. The first-order valence-corrected chi connectivity index (χ1v) is 8.47. The Morgan fingerprint density at radius 1 is 0.885 bits per heavy atom. The summed E-state index contributed by atoms with van der Waals surface area (Å²) < 4.78 is 0. The number of hydrogen-bond acceptors (Lipinski definition) is 6. The summed E-state index contributed by atoms with van der Waals surface area (Å²) in [6, 6.07) is 15.0. The van der Waals surface area contributed by atoms with Gasteiger partial charge in [-0.3, -0.25) is 4.98 Å². The van der Waals surface area contributed by atoms with Crippen molar-refractivity contribution in [2.45, 2.75) is 0 Å². The Bertz CT molecular complexity index is 1080. The normalized spacial score (nSPS) is 10.7. The highest BCUT2D eigenvalue weighted by atomic mass is 35.5. The van der Waals surface area contributed by atoms with Crippen LogP contribution in [0.25, 0.3) is 10.9 Å². The zero-order chi connectivity index (χ0) is 17.9. The number of hydrogen-bond donors (Lipinski definition) is 2. The van der Waals surface area contributed by atoms with E-state index in [2.05, 4.69) is 30.8 Å². The van der Waals surface area contributed by atoms with Gasteiger partial charge in [0, 0.05) is 17.3 Å². The second-order valence-electron chi connectivity index (χ2n) is 5.42. The van der Waals surface area contributed by atoms with Gasteiger partial charge in [-0.25, -0.2) is 0 Å². The number of nitrogens with zero attached hydrogens (tertiary/aromatic N) is 4. The minimum absolute atomic E-state index is 0.335. The summed E-state index contributed by atoms with van der Waals surface area (Å²) in [5, 5.41) is 16.2. The van der Waals surface area contributed by atoms with Crippen molar-refractivity contribution in [2.75, 3.05) is 10.6 Å². The summed E-state index contributed by atoms with van der Waals surface area (Å²) in [5.41, 5.74) is 2.40. The highest BCUT2D eigenvalue weighted by Crippen LogP contribution is 2.27. The number of anilines is 4. The number of nitrogens with one attached hydrogen (secondary N) is 2. The van der Waals surface area contributed by atoms with E-state index in [9.17, 15) is 0 Å². The molecule has 2 aromatic carbocycles. The maximum Gasteiger partial charge on any atom is 0.249 e. The van der Waals surface area contributed by atoms with Gasteiger partial charge in [0.15, 0.2) is 5.82 Å². The first-order valence-electron chi connectivity index (χ1n) is 7.71. The monoisotopic (exact) mass is 382 g/mol. The van der Waals surface area contributed by atoms with E-state index >= 15 is 0 Å². The van der Waals surface area contributed by atoms with E-state index in [1.807, 2.05) is 30.3 Å². The third kappa shape index (κ3) is 3.51. The SMILES string of the molecule is Clc1ccc(Nc2nncc(Nc3cccc4cccnc34)n2)cc1Cl. The van der Waals surface area contributed by atoms with Crippen molar-refractivity contribution in [1.82, 2.24) is 20.2 Å². The molecular weight excluding hydrogens is 371 g/mol. The van der Waals surface area contributed by atoms with Gasteiger partial charge in [0.1, 0.15) is 0 Å². The fourth-order valence-electron chi connectivity index (χ4n) is 2.46. The van der Waals surface area contributed by atoms with E-state index < -0.39 is 0 Å². The molecular formula is C18H12Cl2N6. The summed E-state index contributed by atoms with van der Waals surface area (Å²) in [6.07, 6.45) is 3.30. The second kappa shape index (κ2) is 7.11. The van der Waals surface area contributed by atoms with Crippen LogP contribution in [0.4, 0.5) is 23.1 Å². The fraction of sp³-hybridized carbons (Fsp3) is 0. The Kier molecular flexibility index (Phi) is 4.51.